The Balaban J connectivity index is 2.12. The molecule has 0 fully saturated rings. The van der Waals surface area contributed by atoms with E-state index >= 15 is 0 Å². The summed E-state index contributed by atoms with van der Waals surface area (Å²) in [6, 6.07) is 9.41. The zero-order valence-corrected chi connectivity index (χ0v) is 13.5. The summed E-state index contributed by atoms with van der Waals surface area (Å²) < 4.78 is 10.3. The highest BCUT2D eigenvalue weighted by Crippen LogP contribution is 2.38. The van der Waals surface area contributed by atoms with E-state index in [2.05, 4.69) is 0 Å². The Bertz CT molecular complexity index is 934. The van der Waals surface area contributed by atoms with Crippen molar-refractivity contribution >= 4 is 34.7 Å². The molecule has 2 aromatic carbocycles. The van der Waals surface area contributed by atoms with Crippen LogP contribution >= 0.6 is 11.6 Å². The molecule has 0 aliphatic heterocycles. The summed E-state index contributed by atoms with van der Waals surface area (Å²) in [5.74, 6) is -0.851. The summed E-state index contributed by atoms with van der Waals surface area (Å²) in [6.07, 6.45) is 1.43. The third-order valence-electron chi connectivity index (χ3n) is 3.88. The van der Waals surface area contributed by atoms with Crippen molar-refractivity contribution < 1.29 is 24.0 Å². The number of nitro groups is 1. The van der Waals surface area contributed by atoms with E-state index in [0.717, 1.165) is 11.6 Å². The lowest BCUT2D eigenvalue weighted by molar-refractivity contribution is -0.385. The maximum absolute atomic E-state index is 10.9. The van der Waals surface area contributed by atoms with Gasteiger partial charge in [-0.05, 0) is 23.8 Å². The van der Waals surface area contributed by atoms with Crippen LogP contribution in [0, 0.1) is 10.1 Å². The fourth-order valence-corrected chi connectivity index (χ4v) is 2.81. The first-order valence-corrected chi connectivity index (χ1v) is 7.58. The molecule has 1 aromatic heterocycles. The van der Waals surface area contributed by atoms with Crippen molar-refractivity contribution in [1.29, 1.82) is 0 Å². The van der Waals surface area contributed by atoms with Crippen LogP contribution in [0.15, 0.2) is 47.1 Å². The molecular formula is C17H12ClNO6. The van der Waals surface area contributed by atoms with Gasteiger partial charge in [0.1, 0.15) is 12.2 Å². The van der Waals surface area contributed by atoms with E-state index in [4.69, 9.17) is 20.8 Å². The van der Waals surface area contributed by atoms with Gasteiger partial charge in [-0.15, -0.1) is 0 Å². The van der Waals surface area contributed by atoms with E-state index < -0.39 is 16.4 Å². The maximum Gasteiger partial charge on any atom is 0.314 e. The first kappa shape index (κ1) is 16.8. The molecule has 1 unspecified atom stereocenters. The summed E-state index contributed by atoms with van der Waals surface area (Å²) in [5, 5.41) is 21.9. The summed E-state index contributed by atoms with van der Waals surface area (Å²) in [4.78, 5) is 20.9. The number of hydrogen-bond donors (Lipinski definition) is 1. The molecule has 0 aliphatic carbocycles. The minimum absolute atomic E-state index is 0.0392. The minimum atomic E-state index is -0.691. The van der Waals surface area contributed by atoms with E-state index in [1.165, 1.54) is 12.3 Å². The number of phenols is 1. The van der Waals surface area contributed by atoms with Crippen molar-refractivity contribution in [3.05, 3.63) is 68.9 Å². The quantitative estimate of drug-likeness (QED) is 0.404. The molecule has 128 valence electrons. The zero-order valence-electron chi connectivity index (χ0n) is 12.7. The van der Waals surface area contributed by atoms with E-state index in [0.29, 0.717) is 22.4 Å². The Morgan fingerprint density at radius 3 is 2.68 bits per heavy atom. The van der Waals surface area contributed by atoms with E-state index in [1.807, 2.05) is 0 Å². The number of carbonyl (C=O) groups is 1. The number of halogens is 1. The van der Waals surface area contributed by atoms with Crippen LogP contribution in [0.1, 0.15) is 17.0 Å². The molecule has 3 rings (SSSR count). The fourth-order valence-electron chi connectivity index (χ4n) is 2.68. The number of rotatable bonds is 6. The van der Waals surface area contributed by atoms with Crippen LogP contribution in [-0.2, 0) is 9.53 Å². The van der Waals surface area contributed by atoms with Crippen LogP contribution in [0.4, 0.5) is 5.69 Å². The topological polar surface area (TPSA) is 103 Å². The number of fused-ring (bicyclic) bond motifs is 1. The van der Waals surface area contributed by atoms with Gasteiger partial charge < -0.3 is 14.3 Å². The largest absolute Gasteiger partial charge is 0.502 e. The lowest BCUT2D eigenvalue weighted by atomic mass is 9.91. The Labute approximate surface area is 146 Å². The van der Waals surface area contributed by atoms with Crippen molar-refractivity contribution in [3.8, 4) is 5.75 Å². The van der Waals surface area contributed by atoms with Crippen LogP contribution in [0.3, 0.4) is 0 Å². The molecular weight excluding hydrogens is 350 g/mol. The van der Waals surface area contributed by atoms with Gasteiger partial charge in [-0.3, -0.25) is 14.9 Å². The summed E-state index contributed by atoms with van der Waals surface area (Å²) in [7, 11) is 0. The van der Waals surface area contributed by atoms with E-state index in [9.17, 15) is 20.0 Å². The van der Waals surface area contributed by atoms with Crippen molar-refractivity contribution in [1.82, 2.24) is 0 Å². The van der Waals surface area contributed by atoms with Gasteiger partial charge in [-0.2, -0.15) is 0 Å². The number of phenolic OH excluding ortho intramolecular Hbond substituents is 1. The van der Waals surface area contributed by atoms with Gasteiger partial charge in [0.15, 0.2) is 5.75 Å². The van der Waals surface area contributed by atoms with Gasteiger partial charge in [0.25, 0.3) is 6.47 Å². The highest BCUT2D eigenvalue weighted by atomic mass is 35.5. The Morgan fingerprint density at radius 2 is 2.04 bits per heavy atom. The van der Waals surface area contributed by atoms with Crippen molar-refractivity contribution in [2.24, 2.45) is 0 Å². The monoisotopic (exact) mass is 361 g/mol. The summed E-state index contributed by atoms with van der Waals surface area (Å²) in [5.41, 5.74) is 1.25. The van der Waals surface area contributed by atoms with Crippen molar-refractivity contribution in [2.45, 2.75) is 5.92 Å². The number of aromatic hydroxyl groups is 1. The smallest absolute Gasteiger partial charge is 0.314 e. The van der Waals surface area contributed by atoms with E-state index in [1.54, 1.807) is 24.3 Å². The molecule has 1 N–H and O–H groups in total. The van der Waals surface area contributed by atoms with Crippen LogP contribution in [0.2, 0.25) is 5.02 Å². The van der Waals surface area contributed by atoms with Crippen LogP contribution in [0.5, 0.6) is 5.75 Å². The van der Waals surface area contributed by atoms with Gasteiger partial charge in [-0.25, -0.2) is 0 Å². The maximum atomic E-state index is 10.9. The third-order valence-corrected chi connectivity index (χ3v) is 4.13. The van der Waals surface area contributed by atoms with Crippen molar-refractivity contribution in [3.63, 3.8) is 0 Å². The Kier molecular flexibility index (Phi) is 4.58. The van der Waals surface area contributed by atoms with Gasteiger partial charge in [-0.1, -0.05) is 23.7 Å². The second-order valence-corrected chi connectivity index (χ2v) is 5.76. The molecule has 0 spiro atoms. The molecule has 7 nitrogen and oxygen atoms in total. The summed E-state index contributed by atoms with van der Waals surface area (Å²) in [6.45, 7) is 0.380. The molecule has 25 heavy (non-hydrogen) atoms. The van der Waals surface area contributed by atoms with Crippen LogP contribution in [0.25, 0.3) is 11.0 Å². The Hall–Kier alpha value is -3.06. The molecule has 0 amide bonds. The average Bonchev–Trinajstić information content (AvgIpc) is 2.98. The number of hydrogen-bond acceptors (Lipinski definition) is 6. The molecule has 0 bridgehead atoms. The second-order valence-electron chi connectivity index (χ2n) is 5.32. The first-order chi connectivity index (χ1) is 12.0. The normalized spacial score (nSPS) is 12.0. The standard InChI is InChI=1S/C17H12ClNO6/c18-11-3-1-10(2-4-11)13(7-24-9-20)14-8-25-17-6-15(19(22)23)16(21)5-12(14)17/h1-6,8-9,13,21H,7H2. The lowest BCUT2D eigenvalue weighted by Crippen LogP contribution is -2.08. The predicted molar refractivity (Wildman–Crippen MR) is 89.8 cm³/mol. The van der Waals surface area contributed by atoms with Crippen LogP contribution in [-0.4, -0.2) is 23.1 Å². The SMILES string of the molecule is O=COCC(c1ccc(Cl)cc1)c1coc2cc([N+](=O)[O-])c(O)cc12. The highest BCUT2D eigenvalue weighted by molar-refractivity contribution is 6.30. The van der Waals surface area contributed by atoms with Gasteiger partial charge in [0, 0.05) is 21.9 Å². The van der Waals surface area contributed by atoms with Gasteiger partial charge in [0.05, 0.1) is 17.3 Å². The second kappa shape index (κ2) is 6.82. The number of nitro benzene ring substituents is 1. The number of furan rings is 1. The molecule has 0 saturated carbocycles. The Morgan fingerprint density at radius 1 is 1.32 bits per heavy atom. The number of ether oxygens (including phenoxy) is 1. The molecule has 8 heteroatoms. The predicted octanol–water partition coefficient (Wildman–Crippen LogP) is 4.00. The van der Waals surface area contributed by atoms with Crippen LogP contribution < -0.4 is 0 Å². The summed E-state index contributed by atoms with van der Waals surface area (Å²) >= 11 is 5.91. The molecule has 1 atom stereocenters. The minimum Gasteiger partial charge on any atom is -0.502 e. The molecule has 3 aromatic rings. The highest BCUT2D eigenvalue weighted by Gasteiger charge is 2.23. The van der Waals surface area contributed by atoms with Gasteiger partial charge >= 0.3 is 5.69 Å². The molecule has 0 radical (unpaired) electrons. The van der Waals surface area contributed by atoms with E-state index in [-0.39, 0.29) is 18.1 Å². The lowest BCUT2D eigenvalue weighted by Gasteiger charge is -2.15. The molecule has 1 heterocycles. The third kappa shape index (κ3) is 3.27. The first-order valence-electron chi connectivity index (χ1n) is 7.20. The number of nitrogens with zero attached hydrogens (tertiary/aromatic N) is 1. The average molecular weight is 362 g/mol. The molecule has 0 aliphatic rings. The van der Waals surface area contributed by atoms with Crippen molar-refractivity contribution in [2.75, 3.05) is 6.61 Å². The fraction of sp³-hybridized carbons (Fsp3) is 0.118. The van der Waals surface area contributed by atoms with Gasteiger partial charge in [0.2, 0.25) is 0 Å². The zero-order chi connectivity index (χ0) is 18.0. The number of carbonyl (C=O) groups excluding carboxylic acids is 1. The number of benzene rings is 2. The molecule has 0 saturated heterocycles.